The Bertz CT molecular complexity index is 3330. The molecule has 0 saturated carbocycles. The van der Waals surface area contributed by atoms with E-state index in [1.807, 2.05) is 6.20 Å². The van der Waals surface area contributed by atoms with Crippen molar-refractivity contribution in [2.45, 2.75) is 0 Å². The summed E-state index contributed by atoms with van der Waals surface area (Å²) in [7, 11) is 0. The number of aromatic nitrogens is 4. The Hall–Kier alpha value is -7.30. The molecule has 11 aromatic rings. The molecule has 4 heteroatoms. The first-order chi connectivity index (χ1) is 26.8. The SMILES string of the molecule is c1ccc(-c2cccc(-n3c4ccccc4c4cc(-c5ccc6c(c5)c5ccccc5n6-c5ccc6c(n5)-c5ccnc7cccc-6c57)ccc43)c2)cc1. The van der Waals surface area contributed by atoms with Crippen LogP contribution < -0.4 is 0 Å². The largest absolute Gasteiger partial charge is 0.309 e. The van der Waals surface area contributed by atoms with Gasteiger partial charge in [-0.15, -0.1) is 0 Å². The molecule has 0 fully saturated rings. The summed E-state index contributed by atoms with van der Waals surface area (Å²) in [5.41, 5.74) is 16.2. The minimum Gasteiger partial charge on any atom is -0.309 e. The van der Waals surface area contributed by atoms with Crippen molar-refractivity contribution in [2.75, 3.05) is 0 Å². The molecular formula is C50H30N4. The summed E-state index contributed by atoms with van der Waals surface area (Å²) in [5.74, 6) is 0.913. The second-order valence-corrected chi connectivity index (χ2v) is 14.2. The fourth-order valence-corrected chi connectivity index (χ4v) is 8.91. The van der Waals surface area contributed by atoms with Gasteiger partial charge in [-0.3, -0.25) is 9.55 Å². The maximum absolute atomic E-state index is 5.36. The van der Waals surface area contributed by atoms with Gasteiger partial charge in [0.2, 0.25) is 0 Å². The van der Waals surface area contributed by atoms with E-state index in [-0.39, 0.29) is 0 Å². The van der Waals surface area contributed by atoms with Crippen LogP contribution in [0.1, 0.15) is 0 Å². The first-order valence-electron chi connectivity index (χ1n) is 18.4. The van der Waals surface area contributed by atoms with E-state index in [4.69, 9.17) is 4.98 Å². The first kappa shape index (κ1) is 29.3. The van der Waals surface area contributed by atoms with Gasteiger partial charge in [0.25, 0.3) is 0 Å². The molecule has 0 bridgehead atoms. The molecule has 0 amide bonds. The van der Waals surface area contributed by atoms with E-state index in [9.17, 15) is 0 Å². The summed E-state index contributed by atoms with van der Waals surface area (Å²) in [6, 6.07) is 63.5. The molecule has 0 radical (unpaired) electrons. The summed E-state index contributed by atoms with van der Waals surface area (Å²) in [6.07, 6.45) is 1.89. The second kappa shape index (κ2) is 11.1. The summed E-state index contributed by atoms with van der Waals surface area (Å²) in [5, 5.41) is 6.09. The number of rotatable bonds is 4. The van der Waals surface area contributed by atoms with Crippen molar-refractivity contribution >= 4 is 54.5 Å². The van der Waals surface area contributed by atoms with E-state index < -0.39 is 0 Å². The van der Waals surface area contributed by atoms with Crippen molar-refractivity contribution in [3.63, 3.8) is 0 Å². The van der Waals surface area contributed by atoms with Crippen molar-refractivity contribution in [3.8, 4) is 56.1 Å². The number of pyridine rings is 2. The van der Waals surface area contributed by atoms with Gasteiger partial charge in [0.1, 0.15) is 5.82 Å². The highest BCUT2D eigenvalue weighted by molar-refractivity contribution is 6.15. The van der Waals surface area contributed by atoms with Crippen molar-refractivity contribution in [3.05, 3.63) is 182 Å². The van der Waals surface area contributed by atoms with Crippen LogP contribution >= 0.6 is 0 Å². The number of hydrogen-bond donors (Lipinski definition) is 0. The Morgan fingerprint density at radius 3 is 1.78 bits per heavy atom. The number of fused-ring (bicyclic) bond motifs is 9. The fourth-order valence-electron chi connectivity index (χ4n) is 8.91. The molecule has 0 aliphatic heterocycles. The molecule has 0 unspecified atom stereocenters. The molecule has 250 valence electrons. The van der Waals surface area contributed by atoms with Gasteiger partial charge in [0, 0.05) is 49.9 Å². The van der Waals surface area contributed by atoms with Gasteiger partial charge in [-0.1, -0.05) is 103 Å². The number of para-hydroxylation sites is 2. The van der Waals surface area contributed by atoms with Crippen molar-refractivity contribution in [1.82, 2.24) is 19.1 Å². The summed E-state index contributed by atoms with van der Waals surface area (Å²) < 4.78 is 4.72. The van der Waals surface area contributed by atoms with E-state index in [1.165, 1.54) is 65.8 Å². The highest BCUT2D eigenvalue weighted by Crippen LogP contribution is 2.46. The van der Waals surface area contributed by atoms with E-state index >= 15 is 0 Å². The lowest BCUT2D eigenvalue weighted by Gasteiger charge is -2.11. The zero-order valence-electron chi connectivity index (χ0n) is 29.1. The molecule has 4 heterocycles. The van der Waals surface area contributed by atoms with Crippen LogP contribution in [-0.4, -0.2) is 19.1 Å². The van der Waals surface area contributed by atoms with Crippen LogP contribution in [0.5, 0.6) is 0 Å². The number of nitrogens with zero attached hydrogens (tertiary/aromatic N) is 4. The Balaban J connectivity index is 1.01. The fraction of sp³-hybridized carbons (Fsp3) is 0. The Labute approximate surface area is 310 Å². The van der Waals surface area contributed by atoms with Crippen LogP contribution in [0.3, 0.4) is 0 Å². The quantitative estimate of drug-likeness (QED) is 0.185. The molecule has 0 saturated heterocycles. The molecule has 4 nitrogen and oxygen atoms in total. The van der Waals surface area contributed by atoms with Crippen LogP contribution in [0.25, 0.3) is 111 Å². The van der Waals surface area contributed by atoms with E-state index in [0.717, 1.165) is 44.9 Å². The monoisotopic (exact) mass is 686 g/mol. The summed E-state index contributed by atoms with van der Waals surface area (Å²) in [6.45, 7) is 0. The molecule has 1 aliphatic rings. The molecule has 12 rings (SSSR count). The van der Waals surface area contributed by atoms with Gasteiger partial charge in [-0.2, -0.15) is 0 Å². The summed E-state index contributed by atoms with van der Waals surface area (Å²) in [4.78, 5) is 10.0. The maximum Gasteiger partial charge on any atom is 0.138 e. The molecule has 7 aromatic carbocycles. The Kier molecular flexibility index (Phi) is 6.02. The molecule has 54 heavy (non-hydrogen) atoms. The zero-order chi connectivity index (χ0) is 35.3. The maximum atomic E-state index is 5.36. The minimum atomic E-state index is 0.913. The minimum absolute atomic E-state index is 0.913. The van der Waals surface area contributed by atoms with E-state index in [0.29, 0.717) is 0 Å². The average Bonchev–Trinajstić information content (AvgIpc) is 3.87. The third-order valence-electron chi connectivity index (χ3n) is 11.3. The van der Waals surface area contributed by atoms with Crippen LogP contribution in [0.15, 0.2) is 182 Å². The third kappa shape index (κ3) is 4.13. The van der Waals surface area contributed by atoms with Gasteiger partial charge in [-0.05, 0) is 101 Å². The summed E-state index contributed by atoms with van der Waals surface area (Å²) >= 11 is 0. The zero-order valence-corrected chi connectivity index (χ0v) is 29.1. The van der Waals surface area contributed by atoms with Gasteiger partial charge in [0.05, 0.1) is 33.3 Å². The predicted molar refractivity (Wildman–Crippen MR) is 224 cm³/mol. The lowest BCUT2D eigenvalue weighted by Crippen LogP contribution is -1.98. The standard InChI is InChI=1S/C50H30N4/c1-2-10-31(11-3-1)32-12-8-13-35(28-32)53-44-18-6-4-14-36(44)41-29-33(20-23-46(41)53)34-21-24-47-42(30-34)37-15-5-7-19-45(37)54(47)48-25-22-39-38-16-9-17-43-49(38)40(26-27-51-43)50(39)52-48/h1-30H. The molecule has 0 N–H and O–H groups in total. The van der Waals surface area contributed by atoms with Crippen LogP contribution in [-0.2, 0) is 0 Å². The molecular weight excluding hydrogens is 657 g/mol. The normalized spacial score (nSPS) is 12.1. The lowest BCUT2D eigenvalue weighted by atomic mass is 10.0. The van der Waals surface area contributed by atoms with Crippen LogP contribution in [0.2, 0.25) is 0 Å². The molecule has 0 atom stereocenters. The molecule has 4 aromatic heterocycles. The first-order valence-corrected chi connectivity index (χ1v) is 18.4. The van der Waals surface area contributed by atoms with Gasteiger partial charge in [-0.25, -0.2) is 4.98 Å². The number of hydrogen-bond acceptors (Lipinski definition) is 2. The van der Waals surface area contributed by atoms with E-state index in [1.54, 1.807) is 0 Å². The number of benzene rings is 7. The highest BCUT2D eigenvalue weighted by Gasteiger charge is 2.24. The third-order valence-corrected chi connectivity index (χ3v) is 11.3. The lowest BCUT2D eigenvalue weighted by molar-refractivity contribution is 1.09. The van der Waals surface area contributed by atoms with Gasteiger partial charge in [0.15, 0.2) is 0 Å². The average molecular weight is 687 g/mol. The van der Waals surface area contributed by atoms with Crippen molar-refractivity contribution < 1.29 is 0 Å². The van der Waals surface area contributed by atoms with Gasteiger partial charge < -0.3 is 4.57 Å². The highest BCUT2D eigenvalue weighted by atomic mass is 15.1. The van der Waals surface area contributed by atoms with E-state index in [2.05, 4.69) is 190 Å². The van der Waals surface area contributed by atoms with Crippen molar-refractivity contribution in [2.24, 2.45) is 0 Å². The second-order valence-electron chi connectivity index (χ2n) is 14.2. The Morgan fingerprint density at radius 1 is 0.370 bits per heavy atom. The van der Waals surface area contributed by atoms with Crippen LogP contribution in [0, 0.1) is 0 Å². The topological polar surface area (TPSA) is 35.6 Å². The smallest absolute Gasteiger partial charge is 0.138 e. The van der Waals surface area contributed by atoms with Gasteiger partial charge >= 0.3 is 0 Å². The Morgan fingerprint density at radius 2 is 1.00 bits per heavy atom. The predicted octanol–water partition coefficient (Wildman–Crippen LogP) is 12.8. The molecule has 0 spiro atoms. The van der Waals surface area contributed by atoms with Crippen LogP contribution in [0.4, 0.5) is 0 Å². The van der Waals surface area contributed by atoms with Crippen molar-refractivity contribution in [1.29, 1.82) is 0 Å². The molecule has 1 aliphatic carbocycles.